The number of hydrogen-bond donors (Lipinski definition) is 2. The topological polar surface area (TPSA) is 91.2 Å². The molecule has 2 unspecified atom stereocenters. The van der Waals surface area contributed by atoms with Gasteiger partial charge in [-0.2, -0.15) is 5.26 Å². The van der Waals surface area contributed by atoms with Gasteiger partial charge in [-0.15, -0.1) is 0 Å². The Kier molecular flexibility index (Phi) is 7.58. The number of nitriles is 1. The molecule has 146 valence electrons. The molecule has 6 nitrogen and oxygen atoms in total. The number of rotatable bonds is 3. The minimum atomic E-state index is -0.0696. The van der Waals surface area contributed by atoms with Crippen LogP contribution >= 0.6 is 0 Å². The lowest BCUT2D eigenvalue weighted by Crippen LogP contribution is -2.30. The fourth-order valence-corrected chi connectivity index (χ4v) is 3.00. The molecule has 2 N–H and O–H groups in total. The van der Waals surface area contributed by atoms with E-state index in [4.69, 9.17) is 10.00 Å². The summed E-state index contributed by atoms with van der Waals surface area (Å²) in [5.41, 5.74) is 2.63. The van der Waals surface area contributed by atoms with Crippen LogP contribution in [0.25, 0.3) is 0 Å². The summed E-state index contributed by atoms with van der Waals surface area (Å²) < 4.78 is 5.48. The van der Waals surface area contributed by atoms with E-state index in [0.717, 1.165) is 23.3 Å². The maximum absolute atomic E-state index is 11.0. The summed E-state index contributed by atoms with van der Waals surface area (Å²) >= 11 is 0. The predicted molar refractivity (Wildman–Crippen MR) is 107 cm³/mol. The zero-order valence-electron chi connectivity index (χ0n) is 16.4. The second-order valence-corrected chi connectivity index (χ2v) is 6.59. The molecule has 2 amide bonds. The minimum absolute atomic E-state index is 0.00621. The normalized spacial score (nSPS) is 15.4. The molecule has 1 aliphatic heterocycles. The maximum Gasteiger partial charge on any atom is 0.217 e. The van der Waals surface area contributed by atoms with Gasteiger partial charge in [0.25, 0.3) is 0 Å². The van der Waals surface area contributed by atoms with Gasteiger partial charge in [-0.05, 0) is 30.7 Å². The number of carbonyl (C=O) groups excluding carboxylic acids is 2. The van der Waals surface area contributed by atoms with Crippen LogP contribution in [0.2, 0.25) is 0 Å². The summed E-state index contributed by atoms with van der Waals surface area (Å²) in [5, 5.41) is 14.4. The first-order valence-electron chi connectivity index (χ1n) is 9.16. The van der Waals surface area contributed by atoms with Crippen molar-refractivity contribution >= 4 is 11.8 Å². The Morgan fingerprint density at radius 1 is 1.14 bits per heavy atom. The molecule has 6 heteroatoms. The van der Waals surface area contributed by atoms with Crippen LogP contribution in [-0.4, -0.2) is 18.4 Å². The first-order valence-corrected chi connectivity index (χ1v) is 9.16. The van der Waals surface area contributed by atoms with Crippen LogP contribution in [-0.2, 0) is 9.59 Å². The van der Waals surface area contributed by atoms with E-state index < -0.39 is 0 Å². The van der Waals surface area contributed by atoms with Crippen molar-refractivity contribution in [3.63, 3.8) is 0 Å². The lowest BCUT2D eigenvalue weighted by molar-refractivity contribution is -0.120. The second-order valence-electron chi connectivity index (χ2n) is 6.59. The summed E-state index contributed by atoms with van der Waals surface area (Å²) in [6.07, 6.45) is 0.844. The summed E-state index contributed by atoms with van der Waals surface area (Å²) in [5.74, 6) is 0.823. The molecule has 1 heterocycles. The summed E-state index contributed by atoms with van der Waals surface area (Å²) in [6.45, 7) is 5.57. The highest BCUT2D eigenvalue weighted by Crippen LogP contribution is 2.31. The van der Waals surface area contributed by atoms with E-state index in [2.05, 4.69) is 16.7 Å². The number of amides is 2. The Bertz CT molecular complexity index is 873. The molecule has 1 aliphatic rings. The van der Waals surface area contributed by atoms with E-state index in [-0.39, 0.29) is 23.9 Å². The molecule has 0 bridgehead atoms. The Hall–Kier alpha value is -3.33. The van der Waals surface area contributed by atoms with Crippen LogP contribution in [0, 0.1) is 11.3 Å². The van der Waals surface area contributed by atoms with E-state index in [1.165, 1.54) is 13.8 Å². The SMILES string of the molecule is CC(=O)NC(C)c1cccc(C#N)c1.CC(=O)NC1CCOc2ccccc21. The highest BCUT2D eigenvalue weighted by atomic mass is 16.5. The standard InChI is InChI=1S/C11H12N2O.C11H13NO2/c1-8(13-9(2)14)11-5-3-4-10(6-11)7-12;1-8(13)12-10-6-7-14-11-5-3-2-4-9(10)11/h3-6,8H,1-2H3,(H,13,14);2-5,10H,6-7H2,1H3,(H,12,13). The van der Waals surface area contributed by atoms with Gasteiger partial charge in [0.05, 0.1) is 30.3 Å². The van der Waals surface area contributed by atoms with Crippen molar-refractivity contribution in [1.29, 1.82) is 5.26 Å². The number of fused-ring (bicyclic) bond motifs is 1. The molecule has 0 aromatic heterocycles. The van der Waals surface area contributed by atoms with Crippen molar-refractivity contribution in [1.82, 2.24) is 10.6 Å². The van der Waals surface area contributed by atoms with Crippen molar-refractivity contribution in [2.45, 2.75) is 39.3 Å². The Morgan fingerprint density at radius 3 is 2.57 bits per heavy atom. The molecule has 3 rings (SSSR count). The van der Waals surface area contributed by atoms with E-state index in [1.54, 1.807) is 12.1 Å². The van der Waals surface area contributed by atoms with Crippen LogP contribution < -0.4 is 15.4 Å². The fraction of sp³-hybridized carbons (Fsp3) is 0.318. The van der Waals surface area contributed by atoms with Gasteiger partial charge >= 0.3 is 0 Å². The maximum atomic E-state index is 11.0. The van der Waals surface area contributed by atoms with Crippen molar-refractivity contribution in [2.24, 2.45) is 0 Å². The molecule has 28 heavy (non-hydrogen) atoms. The quantitative estimate of drug-likeness (QED) is 0.855. The summed E-state index contributed by atoms with van der Waals surface area (Å²) in [4.78, 5) is 21.8. The summed E-state index contributed by atoms with van der Waals surface area (Å²) in [7, 11) is 0. The fourth-order valence-electron chi connectivity index (χ4n) is 3.00. The number of nitrogens with zero attached hydrogens (tertiary/aromatic N) is 1. The monoisotopic (exact) mass is 379 g/mol. The van der Waals surface area contributed by atoms with Gasteiger partial charge < -0.3 is 15.4 Å². The highest BCUT2D eigenvalue weighted by molar-refractivity contribution is 5.74. The molecule has 2 aromatic rings. The van der Waals surface area contributed by atoms with Crippen molar-refractivity contribution in [3.05, 3.63) is 65.2 Å². The number of hydrogen-bond acceptors (Lipinski definition) is 4. The van der Waals surface area contributed by atoms with E-state index in [9.17, 15) is 9.59 Å². The average molecular weight is 379 g/mol. The molecule has 0 aliphatic carbocycles. The first kappa shape index (κ1) is 21.0. The van der Waals surface area contributed by atoms with Gasteiger partial charge in [0.2, 0.25) is 11.8 Å². The molecular weight excluding hydrogens is 354 g/mol. The van der Waals surface area contributed by atoms with Gasteiger partial charge in [-0.3, -0.25) is 9.59 Å². The van der Waals surface area contributed by atoms with Crippen LogP contribution in [0.15, 0.2) is 48.5 Å². The molecule has 0 fully saturated rings. The first-order chi connectivity index (χ1) is 13.4. The molecule has 2 aromatic carbocycles. The van der Waals surface area contributed by atoms with Gasteiger partial charge in [0.1, 0.15) is 5.75 Å². The molecule has 2 atom stereocenters. The van der Waals surface area contributed by atoms with Gasteiger partial charge in [-0.1, -0.05) is 30.3 Å². The Balaban J connectivity index is 0.000000200. The number of nitrogens with one attached hydrogen (secondary N) is 2. The molecule has 0 spiro atoms. The van der Waals surface area contributed by atoms with E-state index in [0.29, 0.717) is 12.2 Å². The highest BCUT2D eigenvalue weighted by Gasteiger charge is 2.21. The van der Waals surface area contributed by atoms with E-state index in [1.807, 2.05) is 43.3 Å². The van der Waals surface area contributed by atoms with Crippen LogP contribution in [0.5, 0.6) is 5.75 Å². The van der Waals surface area contributed by atoms with Crippen LogP contribution in [0.4, 0.5) is 0 Å². The largest absolute Gasteiger partial charge is 0.493 e. The molecule has 0 saturated carbocycles. The van der Waals surface area contributed by atoms with Gasteiger partial charge in [0, 0.05) is 25.8 Å². The Morgan fingerprint density at radius 2 is 1.89 bits per heavy atom. The van der Waals surface area contributed by atoms with Crippen molar-refractivity contribution in [2.75, 3.05) is 6.61 Å². The summed E-state index contributed by atoms with van der Waals surface area (Å²) in [6, 6.07) is 17.2. The zero-order valence-corrected chi connectivity index (χ0v) is 16.4. The molecule has 0 saturated heterocycles. The van der Waals surface area contributed by atoms with Crippen LogP contribution in [0.1, 0.15) is 56.0 Å². The lowest BCUT2D eigenvalue weighted by atomic mass is 10.0. The number of ether oxygens (including phenoxy) is 1. The molecule has 0 radical (unpaired) electrons. The lowest BCUT2D eigenvalue weighted by Gasteiger charge is -2.26. The minimum Gasteiger partial charge on any atom is -0.493 e. The van der Waals surface area contributed by atoms with Crippen molar-refractivity contribution in [3.8, 4) is 11.8 Å². The van der Waals surface area contributed by atoms with Gasteiger partial charge in [0.15, 0.2) is 0 Å². The van der Waals surface area contributed by atoms with Crippen molar-refractivity contribution < 1.29 is 14.3 Å². The third kappa shape index (κ3) is 6.13. The van der Waals surface area contributed by atoms with Crippen LogP contribution in [0.3, 0.4) is 0 Å². The third-order valence-corrected chi connectivity index (χ3v) is 4.27. The van der Waals surface area contributed by atoms with E-state index >= 15 is 0 Å². The third-order valence-electron chi connectivity index (χ3n) is 4.27. The number of carbonyl (C=O) groups is 2. The Labute approximate surface area is 165 Å². The zero-order chi connectivity index (χ0) is 20.5. The number of para-hydroxylation sites is 1. The smallest absolute Gasteiger partial charge is 0.217 e. The predicted octanol–water partition coefficient (Wildman–Crippen LogP) is 3.40. The molecular formula is C22H25N3O3. The second kappa shape index (κ2) is 10.1. The number of benzene rings is 2. The average Bonchev–Trinajstić information content (AvgIpc) is 2.68. The van der Waals surface area contributed by atoms with Gasteiger partial charge in [-0.25, -0.2) is 0 Å².